The Bertz CT molecular complexity index is 1090. The number of hydrogen-bond donors (Lipinski definition) is 1. The number of ether oxygens (including phenoxy) is 2. The fourth-order valence-corrected chi connectivity index (χ4v) is 4.78. The predicted molar refractivity (Wildman–Crippen MR) is 124 cm³/mol. The Kier molecular flexibility index (Phi) is 6.74. The van der Waals surface area contributed by atoms with Gasteiger partial charge in [0.05, 0.1) is 12.0 Å². The third-order valence-corrected chi connectivity index (χ3v) is 6.74. The van der Waals surface area contributed by atoms with Gasteiger partial charge in [0.2, 0.25) is 5.95 Å². The van der Waals surface area contributed by atoms with Gasteiger partial charge < -0.3 is 19.7 Å². The standard InChI is InChI=1S/C23H27FN4O3S/c1-4-30-23(29)31-18-9-11-28(12-10-18)22-26-20(19-14(2)15(3)32-21(19)27-22)25-13-16-5-7-17(24)8-6-16/h5-8,18H,4,9-13H2,1-3H3,(H,25,26,27). The fourth-order valence-electron chi connectivity index (χ4n) is 3.76. The summed E-state index contributed by atoms with van der Waals surface area (Å²) in [4.78, 5) is 25.5. The zero-order chi connectivity index (χ0) is 22.7. The molecule has 0 spiro atoms. The van der Waals surface area contributed by atoms with Gasteiger partial charge in [-0.2, -0.15) is 4.98 Å². The number of aryl methyl sites for hydroxylation is 2. The molecule has 1 aliphatic heterocycles. The van der Waals surface area contributed by atoms with Gasteiger partial charge in [-0.1, -0.05) is 12.1 Å². The average molecular weight is 459 g/mol. The van der Waals surface area contributed by atoms with E-state index in [0.29, 0.717) is 45.0 Å². The highest BCUT2D eigenvalue weighted by Crippen LogP contribution is 2.35. The third kappa shape index (κ3) is 4.93. The maximum absolute atomic E-state index is 13.2. The van der Waals surface area contributed by atoms with Gasteiger partial charge in [0.1, 0.15) is 22.6 Å². The van der Waals surface area contributed by atoms with E-state index in [9.17, 15) is 9.18 Å². The first-order valence-corrected chi connectivity index (χ1v) is 11.6. The molecule has 1 N–H and O–H groups in total. The summed E-state index contributed by atoms with van der Waals surface area (Å²) in [6, 6.07) is 6.45. The van der Waals surface area contributed by atoms with Gasteiger partial charge in [0.15, 0.2) is 0 Å². The molecule has 0 amide bonds. The van der Waals surface area contributed by atoms with Gasteiger partial charge in [0.25, 0.3) is 0 Å². The molecule has 0 aliphatic carbocycles. The second-order valence-electron chi connectivity index (χ2n) is 7.80. The van der Waals surface area contributed by atoms with Crippen molar-refractivity contribution in [3.63, 3.8) is 0 Å². The number of hydrogen-bond acceptors (Lipinski definition) is 8. The molecular weight excluding hydrogens is 431 g/mol. The molecule has 0 atom stereocenters. The van der Waals surface area contributed by atoms with Crippen LogP contribution < -0.4 is 10.2 Å². The molecule has 1 saturated heterocycles. The van der Waals surface area contributed by atoms with Gasteiger partial charge in [-0.3, -0.25) is 0 Å². The number of nitrogens with zero attached hydrogens (tertiary/aromatic N) is 3. The summed E-state index contributed by atoms with van der Waals surface area (Å²) in [5.74, 6) is 1.19. The molecule has 0 unspecified atom stereocenters. The maximum atomic E-state index is 13.2. The lowest BCUT2D eigenvalue weighted by atomic mass is 10.1. The summed E-state index contributed by atoms with van der Waals surface area (Å²) in [6.07, 6.45) is 0.624. The quantitative estimate of drug-likeness (QED) is 0.509. The van der Waals surface area contributed by atoms with Crippen LogP contribution >= 0.6 is 11.3 Å². The van der Waals surface area contributed by atoms with Crippen molar-refractivity contribution >= 4 is 39.5 Å². The summed E-state index contributed by atoms with van der Waals surface area (Å²) in [7, 11) is 0. The molecule has 1 aromatic carbocycles. The Hall–Kier alpha value is -2.94. The molecule has 4 rings (SSSR count). The number of nitrogens with one attached hydrogen (secondary N) is 1. The third-order valence-electron chi connectivity index (χ3n) is 5.64. The van der Waals surface area contributed by atoms with Crippen molar-refractivity contribution in [2.45, 2.75) is 46.3 Å². The van der Waals surface area contributed by atoms with Crippen molar-refractivity contribution in [3.05, 3.63) is 46.1 Å². The molecule has 170 valence electrons. The number of anilines is 2. The van der Waals surface area contributed by atoms with Crippen LogP contribution in [0.4, 0.5) is 21.0 Å². The largest absolute Gasteiger partial charge is 0.508 e. The normalized spacial score (nSPS) is 14.6. The Morgan fingerprint density at radius 3 is 2.62 bits per heavy atom. The van der Waals surface area contributed by atoms with E-state index in [4.69, 9.17) is 19.4 Å². The number of carbonyl (C=O) groups excluding carboxylic acids is 1. The highest BCUT2D eigenvalue weighted by Gasteiger charge is 2.25. The summed E-state index contributed by atoms with van der Waals surface area (Å²) in [5, 5.41) is 4.45. The van der Waals surface area contributed by atoms with E-state index in [1.165, 1.54) is 22.6 Å². The molecule has 3 aromatic rings. The van der Waals surface area contributed by atoms with Crippen LogP contribution in [0.5, 0.6) is 0 Å². The summed E-state index contributed by atoms with van der Waals surface area (Å²) >= 11 is 1.66. The molecule has 2 aromatic heterocycles. The Morgan fingerprint density at radius 2 is 1.94 bits per heavy atom. The van der Waals surface area contributed by atoms with Crippen LogP contribution in [0, 0.1) is 19.7 Å². The zero-order valence-electron chi connectivity index (χ0n) is 18.5. The van der Waals surface area contributed by atoms with Crippen molar-refractivity contribution in [2.75, 3.05) is 29.9 Å². The van der Waals surface area contributed by atoms with Crippen molar-refractivity contribution in [1.29, 1.82) is 0 Å². The highest BCUT2D eigenvalue weighted by atomic mass is 32.1. The van der Waals surface area contributed by atoms with Gasteiger partial charge in [0, 0.05) is 37.4 Å². The summed E-state index contributed by atoms with van der Waals surface area (Å²) < 4.78 is 23.5. The zero-order valence-corrected chi connectivity index (χ0v) is 19.3. The van der Waals surface area contributed by atoms with Gasteiger partial charge >= 0.3 is 6.16 Å². The number of fused-ring (bicyclic) bond motifs is 1. The Morgan fingerprint density at radius 1 is 1.22 bits per heavy atom. The second kappa shape index (κ2) is 9.68. The van der Waals surface area contributed by atoms with E-state index >= 15 is 0 Å². The topological polar surface area (TPSA) is 76.6 Å². The smallest absolute Gasteiger partial charge is 0.435 e. The number of benzene rings is 1. The van der Waals surface area contributed by atoms with Crippen LogP contribution in [0.25, 0.3) is 10.2 Å². The number of rotatable bonds is 6. The van der Waals surface area contributed by atoms with Gasteiger partial charge in [-0.25, -0.2) is 14.2 Å². The minimum Gasteiger partial charge on any atom is -0.435 e. The van der Waals surface area contributed by atoms with Crippen molar-refractivity contribution < 1.29 is 18.7 Å². The lowest BCUT2D eigenvalue weighted by Gasteiger charge is -2.31. The molecule has 7 nitrogen and oxygen atoms in total. The molecule has 0 saturated carbocycles. The van der Waals surface area contributed by atoms with Crippen molar-refractivity contribution in [1.82, 2.24) is 9.97 Å². The Labute approximate surface area is 190 Å². The summed E-state index contributed by atoms with van der Waals surface area (Å²) in [5.41, 5.74) is 2.14. The molecule has 0 bridgehead atoms. The predicted octanol–water partition coefficient (Wildman–Crippen LogP) is 5.20. The molecule has 1 fully saturated rings. The maximum Gasteiger partial charge on any atom is 0.508 e. The van der Waals surface area contributed by atoms with Crippen LogP contribution in [-0.4, -0.2) is 41.9 Å². The number of carbonyl (C=O) groups is 1. The lowest BCUT2D eigenvalue weighted by molar-refractivity contribution is 0.0183. The van der Waals surface area contributed by atoms with Crippen LogP contribution in [0.3, 0.4) is 0 Å². The van der Waals surface area contributed by atoms with E-state index in [1.807, 2.05) is 0 Å². The number of thiophene rings is 1. The van der Waals surface area contributed by atoms with E-state index < -0.39 is 6.16 Å². The SMILES string of the molecule is CCOC(=O)OC1CCN(c2nc(NCc3ccc(F)cc3)c3c(C)c(C)sc3n2)CC1. The first kappa shape index (κ1) is 22.3. The van der Waals surface area contributed by atoms with Gasteiger partial charge in [-0.05, 0) is 44.0 Å². The fraction of sp³-hybridized carbons (Fsp3) is 0.435. The molecule has 3 heterocycles. The van der Waals surface area contributed by atoms with Crippen LogP contribution in [0.2, 0.25) is 0 Å². The molecule has 0 radical (unpaired) electrons. The number of piperidine rings is 1. The molecule has 9 heteroatoms. The van der Waals surface area contributed by atoms with Crippen LogP contribution in [0.15, 0.2) is 24.3 Å². The molecule has 32 heavy (non-hydrogen) atoms. The number of halogens is 1. The van der Waals surface area contributed by atoms with E-state index in [1.54, 1.807) is 30.4 Å². The van der Waals surface area contributed by atoms with E-state index in [2.05, 4.69) is 24.1 Å². The van der Waals surface area contributed by atoms with Crippen molar-refractivity contribution in [3.8, 4) is 0 Å². The number of aromatic nitrogens is 2. The van der Waals surface area contributed by atoms with Crippen LogP contribution in [-0.2, 0) is 16.0 Å². The van der Waals surface area contributed by atoms with Gasteiger partial charge in [-0.15, -0.1) is 11.3 Å². The minimum absolute atomic E-state index is 0.156. The monoisotopic (exact) mass is 458 g/mol. The lowest BCUT2D eigenvalue weighted by Crippen LogP contribution is -2.39. The van der Waals surface area contributed by atoms with E-state index in [0.717, 1.165) is 21.6 Å². The first-order chi connectivity index (χ1) is 15.4. The van der Waals surface area contributed by atoms with Crippen LogP contribution in [0.1, 0.15) is 35.8 Å². The average Bonchev–Trinajstić information content (AvgIpc) is 3.07. The first-order valence-electron chi connectivity index (χ1n) is 10.8. The molecule has 1 aliphatic rings. The van der Waals surface area contributed by atoms with Crippen molar-refractivity contribution in [2.24, 2.45) is 0 Å². The summed E-state index contributed by atoms with van der Waals surface area (Å²) in [6.45, 7) is 8.15. The highest BCUT2D eigenvalue weighted by molar-refractivity contribution is 7.18. The molecular formula is C23H27FN4O3S. The van der Waals surface area contributed by atoms with E-state index in [-0.39, 0.29) is 11.9 Å². The minimum atomic E-state index is -0.611. The Balaban J connectivity index is 1.52. The second-order valence-corrected chi connectivity index (χ2v) is 9.01.